The molecule has 1 N–H and O–H groups in total. The van der Waals surface area contributed by atoms with Crippen LogP contribution in [0.5, 0.6) is 5.75 Å². The van der Waals surface area contributed by atoms with Crippen molar-refractivity contribution in [3.8, 4) is 5.75 Å². The molecule has 76 valence electrons. The molecule has 5 nitrogen and oxygen atoms in total. The van der Waals surface area contributed by atoms with Crippen LogP contribution >= 0.6 is 15.9 Å². The second-order valence-corrected chi connectivity index (χ2v) is 3.71. The Morgan fingerprint density at radius 1 is 1.33 bits per heavy atom. The van der Waals surface area contributed by atoms with Gasteiger partial charge in [-0.3, -0.25) is 0 Å². The van der Waals surface area contributed by atoms with Gasteiger partial charge in [-0.2, -0.15) is 5.10 Å². The summed E-state index contributed by atoms with van der Waals surface area (Å²) >= 11 is 3.31. The Hall–Kier alpha value is -1.69. The lowest BCUT2D eigenvalue weighted by atomic mass is 10.2. The van der Waals surface area contributed by atoms with E-state index in [2.05, 4.69) is 31.2 Å². The molecule has 0 aliphatic carbocycles. The maximum atomic E-state index is 9.51. The van der Waals surface area contributed by atoms with Gasteiger partial charge < -0.3 is 5.11 Å². The quantitative estimate of drug-likeness (QED) is 0.841. The first kappa shape index (κ1) is 9.85. The van der Waals surface area contributed by atoms with Gasteiger partial charge in [0.1, 0.15) is 18.4 Å². The third-order valence-electron chi connectivity index (χ3n) is 1.73. The van der Waals surface area contributed by atoms with Gasteiger partial charge in [-0.1, -0.05) is 15.9 Å². The van der Waals surface area contributed by atoms with Crippen molar-refractivity contribution >= 4 is 22.1 Å². The molecule has 1 aromatic carbocycles. The third kappa shape index (κ3) is 2.41. The van der Waals surface area contributed by atoms with E-state index in [-0.39, 0.29) is 5.75 Å². The molecule has 15 heavy (non-hydrogen) atoms. The van der Waals surface area contributed by atoms with E-state index < -0.39 is 0 Å². The molecule has 0 aliphatic rings. The van der Waals surface area contributed by atoms with Crippen LogP contribution in [0.2, 0.25) is 0 Å². The van der Waals surface area contributed by atoms with Crippen LogP contribution in [0.25, 0.3) is 0 Å². The minimum Gasteiger partial charge on any atom is -0.507 e. The summed E-state index contributed by atoms with van der Waals surface area (Å²) in [6.45, 7) is 0. The molecule has 0 amide bonds. The van der Waals surface area contributed by atoms with E-state index in [1.165, 1.54) is 23.5 Å². The summed E-state index contributed by atoms with van der Waals surface area (Å²) < 4.78 is 2.32. The highest BCUT2D eigenvalue weighted by Gasteiger charge is 1.98. The number of benzene rings is 1. The van der Waals surface area contributed by atoms with Crippen molar-refractivity contribution in [1.82, 2.24) is 14.9 Å². The van der Waals surface area contributed by atoms with Gasteiger partial charge in [-0.15, -0.1) is 10.2 Å². The first-order valence-electron chi connectivity index (χ1n) is 4.13. The molecule has 2 rings (SSSR count). The summed E-state index contributed by atoms with van der Waals surface area (Å²) in [5, 5.41) is 20.7. The Morgan fingerprint density at radius 2 is 2.07 bits per heavy atom. The Kier molecular flexibility index (Phi) is 2.77. The van der Waals surface area contributed by atoms with Crippen LogP contribution in [0.4, 0.5) is 0 Å². The molecule has 1 aromatic heterocycles. The number of phenols is 1. The van der Waals surface area contributed by atoms with Crippen molar-refractivity contribution in [2.24, 2.45) is 5.10 Å². The number of halogens is 1. The van der Waals surface area contributed by atoms with Gasteiger partial charge in [0, 0.05) is 10.0 Å². The zero-order chi connectivity index (χ0) is 10.7. The molecule has 0 spiro atoms. The number of phenolic OH excluding ortho intramolecular Hbond substituents is 1. The van der Waals surface area contributed by atoms with E-state index in [0.29, 0.717) is 5.56 Å². The zero-order valence-corrected chi connectivity index (χ0v) is 9.16. The molecule has 1 heterocycles. The molecule has 0 saturated carbocycles. The second-order valence-electron chi connectivity index (χ2n) is 2.79. The summed E-state index contributed by atoms with van der Waals surface area (Å²) in [6.07, 6.45) is 4.46. The minimum absolute atomic E-state index is 0.176. The zero-order valence-electron chi connectivity index (χ0n) is 7.58. The number of aromatic nitrogens is 3. The maximum Gasteiger partial charge on any atom is 0.141 e. The van der Waals surface area contributed by atoms with Crippen LogP contribution in [0.3, 0.4) is 0 Å². The van der Waals surface area contributed by atoms with E-state index in [1.807, 2.05) is 0 Å². The van der Waals surface area contributed by atoms with Gasteiger partial charge in [0.2, 0.25) is 0 Å². The predicted octanol–water partition coefficient (Wildman–Crippen LogP) is 1.63. The maximum absolute atomic E-state index is 9.51. The fourth-order valence-electron chi connectivity index (χ4n) is 1.01. The summed E-state index contributed by atoms with van der Waals surface area (Å²) in [4.78, 5) is 0. The van der Waals surface area contributed by atoms with Crippen LogP contribution < -0.4 is 0 Å². The van der Waals surface area contributed by atoms with Crippen LogP contribution in [-0.2, 0) is 0 Å². The van der Waals surface area contributed by atoms with Gasteiger partial charge in [-0.25, -0.2) is 4.68 Å². The number of rotatable bonds is 2. The lowest BCUT2D eigenvalue weighted by molar-refractivity contribution is 0.474. The van der Waals surface area contributed by atoms with Crippen molar-refractivity contribution in [3.05, 3.63) is 40.9 Å². The third-order valence-corrected chi connectivity index (χ3v) is 2.22. The van der Waals surface area contributed by atoms with E-state index in [9.17, 15) is 5.11 Å². The van der Waals surface area contributed by atoms with Gasteiger partial charge >= 0.3 is 0 Å². The van der Waals surface area contributed by atoms with Crippen LogP contribution in [0.1, 0.15) is 5.56 Å². The van der Waals surface area contributed by atoms with Crippen molar-refractivity contribution < 1.29 is 5.11 Å². The van der Waals surface area contributed by atoms with Crippen LogP contribution in [0, 0.1) is 0 Å². The molecular weight excluding hydrogens is 260 g/mol. The van der Waals surface area contributed by atoms with Crippen LogP contribution in [0.15, 0.2) is 40.4 Å². The highest BCUT2D eigenvalue weighted by molar-refractivity contribution is 9.10. The first-order valence-corrected chi connectivity index (χ1v) is 4.92. The van der Waals surface area contributed by atoms with Gasteiger partial charge in [0.05, 0.1) is 6.21 Å². The Bertz CT molecular complexity index is 481. The standard InChI is InChI=1S/C9H7BrN4O/c10-8-1-2-9(15)7(3-8)4-13-14-5-11-12-6-14/h1-6,15H/b13-4-. The molecule has 0 fully saturated rings. The molecule has 0 aliphatic heterocycles. The van der Waals surface area contributed by atoms with Crippen molar-refractivity contribution in [3.63, 3.8) is 0 Å². The lowest BCUT2D eigenvalue weighted by Gasteiger charge is -1.98. The Balaban J connectivity index is 2.27. The number of hydrogen-bond acceptors (Lipinski definition) is 4. The van der Waals surface area contributed by atoms with Crippen molar-refractivity contribution in [2.45, 2.75) is 0 Å². The summed E-state index contributed by atoms with van der Waals surface area (Å²) in [5.74, 6) is 0.176. The molecular formula is C9H7BrN4O. The molecule has 6 heteroatoms. The number of nitrogens with zero attached hydrogens (tertiary/aromatic N) is 4. The van der Waals surface area contributed by atoms with E-state index in [0.717, 1.165) is 4.47 Å². The summed E-state index contributed by atoms with van der Waals surface area (Å²) in [6, 6.07) is 5.12. The highest BCUT2D eigenvalue weighted by atomic mass is 79.9. The highest BCUT2D eigenvalue weighted by Crippen LogP contribution is 2.19. The predicted molar refractivity (Wildman–Crippen MR) is 58.8 cm³/mol. The van der Waals surface area contributed by atoms with Crippen molar-refractivity contribution in [1.29, 1.82) is 0 Å². The molecule has 0 atom stereocenters. The normalized spacial score (nSPS) is 11.0. The summed E-state index contributed by atoms with van der Waals surface area (Å²) in [5.41, 5.74) is 0.623. The number of hydrogen-bond donors (Lipinski definition) is 1. The average molecular weight is 267 g/mol. The Labute approximate surface area is 94.2 Å². The second kappa shape index (κ2) is 4.22. The molecule has 0 radical (unpaired) electrons. The summed E-state index contributed by atoms with van der Waals surface area (Å²) in [7, 11) is 0. The Morgan fingerprint density at radius 3 is 2.80 bits per heavy atom. The van der Waals surface area contributed by atoms with Crippen LogP contribution in [-0.4, -0.2) is 26.2 Å². The lowest BCUT2D eigenvalue weighted by Crippen LogP contribution is -1.88. The molecule has 0 saturated heterocycles. The first-order chi connectivity index (χ1) is 7.25. The smallest absolute Gasteiger partial charge is 0.141 e. The fourth-order valence-corrected chi connectivity index (χ4v) is 1.39. The SMILES string of the molecule is Oc1ccc(Br)cc1/C=N\n1cnnc1. The molecule has 2 aromatic rings. The van der Waals surface area contributed by atoms with E-state index in [4.69, 9.17) is 0 Å². The largest absolute Gasteiger partial charge is 0.507 e. The van der Waals surface area contributed by atoms with E-state index >= 15 is 0 Å². The number of aromatic hydroxyl groups is 1. The minimum atomic E-state index is 0.176. The topological polar surface area (TPSA) is 63.3 Å². The monoisotopic (exact) mass is 266 g/mol. The van der Waals surface area contributed by atoms with Gasteiger partial charge in [0.15, 0.2) is 0 Å². The fraction of sp³-hybridized carbons (Fsp3) is 0. The van der Waals surface area contributed by atoms with E-state index in [1.54, 1.807) is 18.2 Å². The van der Waals surface area contributed by atoms with Gasteiger partial charge in [-0.05, 0) is 18.2 Å². The average Bonchev–Trinajstić information content (AvgIpc) is 2.72. The molecule has 0 bridgehead atoms. The molecule has 0 unspecified atom stereocenters. The van der Waals surface area contributed by atoms with Gasteiger partial charge in [0.25, 0.3) is 0 Å². The van der Waals surface area contributed by atoms with Crippen molar-refractivity contribution in [2.75, 3.05) is 0 Å².